The summed E-state index contributed by atoms with van der Waals surface area (Å²) < 4.78 is 4.25. The molecule has 0 spiro atoms. The average Bonchev–Trinajstić information content (AvgIpc) is 2.07. The van der Waals surface area contributed by atoms with Crippen LogP contribution in [0.3, 0.4) is 0 Å². The van der Waals surface area contributed by atoms with E-state index >= 15 is 0 Å². The number of hydrogen-bond acceptors (Lipinski definition) is 2. The zero-order valence-corrected chi connectivity index (χ0v) is 9.42. The Hall–Kier alpha value is -0.730. The van der Waals surface area contributed by atoms with Gasteiger partial charge in [-0.3, -0.25) is 0 Å². The summed E-state index contributed by atoms with van der Waals surface area (Å²) >= 11 is 5.99. The maximum atomic E-state index is 5.99. The molecule has 0 aromatic heterocycles. The molecule has 1 saturated heterocycles. The number of benzene rings is 1. The van der Waals surface area contributed by atoms with Gasteiger partial charge in [0.1, 0.15) is 0 Å². The minimum atomic E-state index is 0. The van der Waals surface area contributed by atoms with E-state index in [-0.39, 0.29) is 7.43 Å². The molecule has 0 aliphatic carbocycles. The SMILES string of the molecule is C.COC.Clc1ccccc1N1CCC1. The van der Waals surface area contributed by atoms with Crippen LogP contribution in [0.5, 0.6) is 0 Å². The van der Waals surface area contributed by atoms with Gasteiger partial charge >= 0.3 is 0 Å². The molecule has 0 saturated carbocycles. The molecule has 0 bridgehead atoms. The lowest BCUT2D eigenvalue weighted by Gasteiger charge is -2.33. The maximum absolute atomic E-state index is 5.99. The molecule has 0 atom stereocenters. The van der Waals surface area contributed by atoms with Gasteiger partial charge in [-0.1, -0.05) is 31.2 Å². The van der Waals surface area contributed by atoms with E-state index in [4.69, 9.17) is 11.6 Å². The van der Waals surface area contributed by atoms with Gasteiger partial charge in [0.05, 0.1) is 10.7 Å². The molecule has 3 heteroatoms. The summed E-state index contributed by atoms with van der Waals surface area (Å²) in [5.41, 5.74) is 1.18. The number of nitrogens with zero attached hydrogens (tertiary/aromatic N) is 1. The highest BCUT2D eigenvalue weighted by molar-refractivity contribution is 6.33. The highest BCUT2D eigenvalue weighted by Crippen LogP contribution is 2.28. The molecule has 1 heterocycles. The van der Waals surface area contributed by atoms with Crippen molar-refractivity contribution < 1.29 is 4.74 Å². The third kappa shape index (κ3) is 4.10. The van der Waals surface area contributed by atoms with Crippen LogP contribution >= 0.6 is 11.6 Å². The predicted octanol–water partition coefficient (Wildman–Crippen LogP) is 3.45. The first-order valence-corrected chi connectivity index (χ1v) is 5.07. The van der Waals surface area contributed by atoms with Crippen molar-refractivity contribution >= 4 is 17.3 Å². The maximum Gasteiger partial charge on any atom is 0.0639 e. The lowest BCUT2D eigenvalue weighted by Crippen LogP contribution is -2.37. The average molecular weight is 230 g/mol. The van der Waals surface area contributed by atoms with E-state index in [2.05, 4.69) is 15.7 Å². The molecule has 2 rings (SSSR count). The van der Waals surface area contributed by atoms with Crippen LogP contribution < -0.4 is 4.90 Å². The number of rotatable bonds is 1. The molecule has 15 heavy (non-hydrogen) atoms. The predicted molar refractivity (Wildman–Crippen MR) is 67.9 cm³/mol. The summed E-state index contributed by atoms with van der Waals surface area (Å²) in [5, 5.41) is 0.868. The fourth-order valence-electron chi connectivity index (χ4n) is 1.27. The molecular formula is C12H20ClNO. The second kappa shape index (κ2) is 7.55. The zero-order valence-electron chi connectivity index (χ0n) is 8.66. The molecule has 86 valence electrons. The largest absolute Gasteiger partial charge is 0.388 e. The van der Waals surface area contributed by atoms with Gasteiger partial charge < -0.3 is 9.64 Å². The van der Waals surface area contributed by atoms with Crippen molar-refractivity contribution in [3.05, 3.63) is 29.3 Å². The fourth-order valence-corrected chi connectivity index (χ4v) is 1.52. The second-order valence-electron chi connectivity index (χ2n) is 3.20. The minimum absolute atomic E-state index is 0. The first kappa shape index (κ1) is 14.3. The number of hydrogen-bond donors (Lipinski definition) is 0. The topological polar surface area (TPSA) is 12.5 Å². The summed E-state index contributed by atoms with van der Waals surface area (Å²) in [6.07, 6.45) is 1.30. The summed E-state index contributed by atoms with van der Waals surface area (Å²) in [6, 6.07) is 8.00. The summed E-state index contributed by atoms with van der Waals surface area (Å²) in [5.74, 6) is 0. The Morgan fingerprint density at radius 2 is 1.73 bits per heavy atom. The molecule has 0 N–H and O–H groups in total. The first-order chi connectivity index (χ1) is 6.79. The van der Waals surface area contributed by atoms with Gasteiger partial charge in [0.25, 0.3) is 0 Å². The van der Waals surface area contributed by atoms with Crippen molar-refractivity contribution in [2.45, 2.75) is 13.8 Å². The number of para-hydroxylation sites is 1. The lowest BCUT2D eigenvalue weighted by atomic mass is 10.2. The van der Waals surface area contributed by atoms with Crippen LogP contribution in [0.4, 0.5) is 5.69 Å². The van der Waals surface area contributed by atoms with Crippen molar-refractivity contribution in [2.24, 2.45) is 0 Å². The third-order valence-corrected chi connectivity index (χ3v) is 2.37. The molecule has 1 aromatic carbocycles. The molecule has 1 aliphatic heterocycles. The van der Waals surface area contributed by atoms with Crippen LogP contribution in [0.1, 0.15) is 13.8 Å². The number of anilines is 1. The Labute approximate surface area is 97.8 Å². The van der Waals surface area contributed by atoms with Gasteiger partial charge in [0.2, 0.25) is 0 Å². The van der Waals surface area contributed by atoms with E-state index in [1.165, 1.54) is 12.1 Å². The molecule has 1 aromatic rings. The van der Waals surface area contributed by atoms with Crippen LogP contribution in [-0.4, -0.2) is 27.3 Å². The van der Waals surface area contributed by atoms with Crippen LogP contribution in [0.2, 0.25) is 5.02 Å². The molecular weight excluding hydrogens is 210 g/mol. The number of ether oxygens (including phenoxy) is 1. The van der Waals surface area contributed by atoms with E-state index < -0.39 is 0 Å². The van der Waals surface area contributed by atoms with Crippen LogP contribution in [0.25, 0.3) is 0 Å². The van der Waals surface area contributed by atoms with E-state index in [0.29, 0.717) is 0 Å². The van der Waals surface area contributed by atoms with E-state index in [1.54, 1.807) is 14.2 Å². The van der Waals surface area contributed by atoms with Crippen molar-refractivity contribution in [3.8, 4) is 0 Å². The number of methoxy groups -OCH3 is 1. The normalized spacial score (nSPS) is 13.1. The Morgan fingerprint density at radius 1 is 1.20 bits per heavy atom. The van der Waals surface area contributed by atoms with Gasteiger partial charge in [-0.25, -0.2) is 0 Å². The van der Waals surface area contributed by atoms with E-state index in [0.717, 1.165) is 18.1 Å². The highest BCUT2D eigenvalue weighted by atomic mass is 35.5. The van der Waals surface area contributed by atoms with Gasteiger partial charge in [0, 0.05) is 27.3 Å². The summed E-state index contributed by atoms with van der Waals surface area (Å²) in [7, 11) is 3.25. The summed E-state index contributed by atoms with van der Waals surface area (Å²) in [6.45, 7) is 2.31. The monoisotopic (exact) mass is 229 g/mol. The molecule has 1 aliphatic rings. The second-order valence-corrected chi connectivity index (χ2v) is 3.61. The minimum Gasteiger partial charge on any atom is -0.388 e. The number of halogens is 1. The van der Waals surface area contributed by atoms with Crippen molar-refractivity contribution in [1.29, 1.82) is 0 Å². The Kier molecular flexibility index (Phi) is 7.18. The van der Waals surface area contributed by atoms with Crippen molar-refractivity contribution in [2.75, 3.05) is 32.2 Å². The standard InChI is InChI=1S/C9H10ClN.C2H6O.CH4/c10-8-4-1-2-5-9(8)11-6-3-7-11;1-3-2;/h1-2,4-5H,3,6-7H2;1-2H3;1H4. The first-order valence-electron chi connectivity index (χ1n) is 4.69. The molecule has 2 nitrogen and oxygen atoms in total. The van der Waals surface area contributed by atoms with Crippen molar-refractivity contribution in [3.63, 3.8) is 0 Å². The van der Waals surface area contributed by atoms with Gasteiger partial charge in [0.15, 0.2) is 0 Å². The van der Waals surface area contributed by atoms with Gasteiger partial charge in [-0.15, -0.1) is 0 Å². The quantitative estimate of drug-likeness (QED) is 0.732. The smallest absolute Gasteiger partial charge is 0.0639 e. The van der Waals surface area contributed by atoms with E-state index in [1.807, 2.05) is 18.2 Å². The fraction of sp³-hybridized carbons (Fsp3) is 0.500. The van der Waals surface area contributed by atoms with Crippen molar-refractivity contribution in [1.82, 2.24) is 0 Å². The molecule has 0 unspecified atom stereocenters. The molecule has 1 fully saturated rings. The Bertz CT molecular complexity index is 274. The Balaban J connectivity index is 0.000000443. The van der Waals surface area contributed by atoms with Crippen LogP contribution in [-0.2, 0) is 4.74 Å². The van der Waals surface area contributed by atoms with Crippen LogP contribution in [0.15, 0.2) is 24.3 Å². The highest BCUT2D eigenvalue weighted by Gasteiger charge is 2.15. The van der Waals surface area contributed by atoms with E-state index in [9.17, 15) is 0 Å². The summed E-state index contributed by atoms with van der Waals surface area (Å²) in [4.78, 5) is 2.29. The zero-order chi connectivity index (χ0) is 10.4. The molecule has 0 amide bonds. The lowest BCUT2D eigenvalue weighted by molar-refractivity contribution is 0.277. The van der Waals surface area contributed by atoms with Gasteiger partial charge in [-0.05, 0) is 18.6 Å². The van der Waals surface area contributed by atoms with Gasteiger partial charge in [-0.2, -0.15) is 0 Å². The van der Waals surface area contributed by atoms with Crippen LogP contribution in [0, 0.1) is 0 Å². The third-order valence-electron chi connectivity index (χ3n) is 2.05. The molecule has 0 radical (unpaired) electrons. The Morgan fingerprint density at radius 3 is 2.13 bits per heavy atom.